The van der Waals surface area contributed by atoms with E-state index in [9.17, 15) is 9.59 Å². The molecule has 0 heterocycles. The fraction of sp³-hybridized carbons (Fsp3) is 0.818. The van der Waals surface area contributed by atoms with E-state index in [4.69, 9.17) is 15.3 Å². The molecule has 6 nitrogen and oxygen atoms in total. The van der Waals surface area contributed by atoms with E-state index in [1.54, 1.807) is 0 Å². The molecule has 17 heavy (non-hydrogen) atoms. The Balaban J connectivity index is 2.61. The van der Waals surface area contributed by atoms with Gasteiger partial charge >= 0.3 is 5.97 Å². The van der Waals surface area contributed by atoms with E-state index < -0.39 is 23.8 Å². The van der Waals surface area contributed by atoms with Crippen LogP contribution in [-0.2, 0) is 9.59 Å². The van der Waals surface area contributed by atoms with Crippen LogP contribution < -0.4 is 5.32 Å². The van der Waals surface area contributed by atoms with Crippen LogP contribution in [0.25, 0.3) is 0 Å². The Morgan fingerprint density at radius 3 is 2.12 bits per heavy atom. The first-order chi connectivity index (χ1) is 8.10. The van der Waals surface area contributed by atoms with Gasteiger partial charge in [0, 0.05) is 0 Å². The Morgan fingerprint density at radius 2 is 1.65 bits per heavy atom. The van der Waals surface area contributed by atoms with Crippen LogP contribution in [0, 0.1) is 11.8 Å². The molecule has 0 spiro atoms. The minimum Gasteiger partial charge on any atom is -0.481 e. The molecule has 0 aromatic heterocycles. The summed E-state index contributed by atoms with van der Waals surface area (Å²) in [6, 6.07) is -0.709. The minimum absolute atomic E-state index is 0.354. The van der Waals surface area contributed by atoms with Gasteiger partial charge in [0.05, 0.1) is 31.1 Å². The number of aliphatic hydroxyl groups excluding tert-OH is 2. The number of carbonyl (C=O) groups is 2. The van der Waals surface area contributed by atoms with Crippen molar-refractivity contribution in [2.75, 3.05) is 13.2 Å². The van der Waals surface area contributed by atoms with Crippen LogP contribution in [0.15, 0.2) is 0 Å². The molecule has 0 saturated heterocycles. The van der Waals surface area contributed by atoms with Gasteiger partial charge in [0.25, 0.3) is 0 Å². The number of aliphatic hydroxyl groups is 2. The monoisotopic (exact) mass is 245 g/mol. The second-order valence-electron chi connectivity index (χ2n) is 4.41. The van der Waals surface area contributed by atoms with E-state index in [-0.39, 0.29) is 19.1 Å². The summed E-state index contributed by atoms with van der Waals surface area (Å²) < 4.78 is 0. The second-order valence-corrected chi connectivity index (χ2v) is 4.41. The Labute approximate surface area is 99.6 Å². The van der Waals surface area contributed by atoms with Crippen molar-refractivity contribution >= 4 is 11.9 Å². The van der Waals surface area contributed by atoms with Crippen LogP contribution in [0.2, 0.25) is 0 Å². The van der Waals surface area contributed by atoms with Crippen LogP contribution in [0.1, 0.15) is 25.7 Å². The molecule has 6 heteroatoms. The van der Waals surface area contributed by atoms with E-state index in [1.807, 2.05) is 0 Å². The Kier molecular flexibility index (Phi) is 5.37. The Morgan fingerprint density at radius 1 is 1.12 bits per heavy atom. The molecule has 1 rings (SSSR count). The first kappa shape index (κ1) is 13.9. The highest BCUT2D eigenvalue weighted by atomic mass is 16.4. The summed E-state index contributed by atoms with van der Waals surface area (Å²) in [6.07, 6.45) is 2.72. The standard InChI is InChI=1S/C11H19NO5/c13-5-7(6-14)12-10(15)8-3-1-2-4-9(8)11(16)17/h7-9,13-14H,1-6H2,(H,12,15)(H,16,17). The molecule has 2 unspecified atom stereocenters. The number of carboxylic acid groups (broad SMARTS) is 1. The first-order valence-corrected chi connectivity index (χ1v) is 5.85. The number of aliphatic carboxylic acids is 1. The van der Waals surface area contributed by atoms with E-state index in [2.05, 4.69) is 5.32 Å². The molecule has 0 aromatic rings. The fourth-order valence-electron chi connectivity index (χ4n) is 2.20. The first-order valence-electron chi connectivity index (χ1n) is 5.85. The molecule has 4 N–H and O–H groups in total. The third kappa shape index (κ3) is 3.67. The van der Waals surface area contributed by atoms with Gasteiger partial charge in [0.15, 0.2) is 0 Å². The number of amides is 1. The highest BCUT2D eigenvalue weighted by Gasteiger charge is 2.36. The SMILES string of the molecule is O=C(O)C1CCCCC1C(=O)NC(CO)CO. The van der Waals surface area contributed by atoms with Crippen molar-refractivity contribution in [3.8, 4) is 0 Å². The predicted octanol–water partition coefficient (Wildman–Crippen LogP) is -0.653. The molecule has 0 aromatic carbocycles. The summed E-state index contributed by atoms with van der Waals surface area (Å²) in [5, 5.41) is 29.2. The predicted molar refractivity (Wildman–Crippen MR) is 59.2 cm³/mol. The van der Waals surface area contributed by atoms with Crippen molar-refractivity contribution in [2.24, 2.45) is 11.8 Å². The second kappa shape index (κ2) is 6.56. The van der Waals surface area contributed by atoms with Gasteiger partial charge in [-0.1, -0.05) is 12.8 Å². The summed E-state index contributed by atoms with van der Waals surface area (Å²) >= 11 is 0. The Bertz CT molecular complexity index is 277. The zero-order valence-corrected chi connectivity index (χ0v) is 9.63. The maximum atomic E-state index is 11.8. The molecule has 1 amide bonds. The summed E-state index contributed by atoms with van der Waals surface area (Å²) in [5.41, 5.74) is 0. The number of nitrogens with one attached hydrogen (secondary N) is 1. The van der Waals surface area contributed by atoms with Gasteiger partial charge in [-0.3, -0.25) is 9.59 Å². The third-order valence-corrected chi connectivity index (χ3v) is 3.21. The molecule has 2 atom stereocenters. The quantitative estimate of drug-likeness (QED) is 0.515. The summed E-state index contributed by atoms with van der Waals surface area (Å²) in [7, 11) is 0. The van der Waals surface area contributed by atoms with Gasteiger partial charge in [-0.2, -0.15) is 0 Å². The minimum atomic E-state index is -0.950. The summed E-state index contributed by atoms with van der Waals surface area (Å²) in [4.78, 5) is 22.9. The summed E-state index contributed by atoms with van der Waals surface area (Å²) in [6.45, 7) is -0.709. The van der Waals surface area contributed by atoms with E-state index in [1.165, 1.54) is 0 Å². The topological polar surface area (TPSA) is 107 Å². The van der Waals surface area contributed by atoms with Crippen LogP contribution >= 0.6 is 0 Å². The molecule has 1 fully saturated rings. The third-order valence-electron chi connectivity index (χ3n) is 3.21. The number of rotatable bonds is 5. The highest BCUT2D eigenvalue weighted by molar-refractivity contribution is 5.85. The van der Waals surface area contributed by atoms with Gasteiger partial charge in [-0.15, -0.1) is 0 Å². The van der Waals surface area contributed by atoms with E-state index in [0.717, 1.165) is 12.8 Å². The van der Waals surface area contributed by atoms with Crippen molar-refractivity contribution < 1.29 is 24.9 Å². The molecule has 0 aliphatic heterocycles. The molecular formula is C11H19NO5. The van der Waals surface area contributed by atoms with Gasteiger partial charge in [0.2, 0.25) is 5.91 Å². The number of hydrogen-bond acceptors (Lipinski definition) is 4. The lowest BCUT2D eigenvalue weighted by molar-refractivity contribution is -0.149. The molecule has 1 aliphatic rings. The average Bonchev–Trinajstić information content (AvgIpc) is 2.35. The van der Waals surface area contributed by atoms with Crippen LogP contribution in [0.5, 0.6) is 0 Å². The molecule has 1 saturated carbocycles. The van der Waals surface area contributed by atoms with Crippen molar-refractivity contribution in [2.45, 2.75) is 31.7 Å². The van der Waals surface area contributed by atoms with Crippen LogP contribution in [0.4, 0.5) is 0 Å². The lowest BCUT2D eigenvalue weighted by atomic mass is 9.78. The van der Waals surface area contributed by atoms with E-state index >= 15 is 0 Å². The van der Waals surface area contributed by atoms with Crippen LogP contribution in [-0.4, -0.2) is 46.5 Å². The largest absolute Gasteiger partial charge is 0.481 e. The van der Waals surface area contributed by atoms with Crippen molar-refractivity contribution in [1.82, 2.24) is 5.32 Å². The maximum Gasteiger partial charge on any atom is 0.307 e. The fourth-order valence-corrected chi connectivity index (χ4v) is 2.20. The molecule has 98 valence electrons. The lowest BCUT2D eigenvalue weighted by Gasteiger charge is -2.28. The summed E-state index contributed by atoms with van der Waals surface area (Å²) in [5.74, 6) is -2.54. The molecule has 0 radical (unpaired) electrons. The molecule has 0 bridgehead atoms. The molecular weight excluding hydrogens is 226 g/mol. The number of hydrogen-bond donors (Lipinski definition) is 4. The van der Waals surface area contributed by atoms with E-state index in [0.29, 0.717) is 12.8 Å². The zero-order chi connectivity index (χ0) is 12.8. The number of carboxylic acids is 1. The van der Waals surface area contributed by atoms with Crippen molar-refractivity contribution in [3.05, 3.63) is 0 Å². The normalized spacial score (nSPS) is 24.6. The van der Waals surface area contributed by atoms with Crippen molar-refractivity contribution in [3.63, 3.8) is 0 Å². The maximum absolute atomic E-state index is 11.8. The smallest absolute Gasteiger partial charge is 0.307 e. The van der Waals surface area contributed by atoms with Gasteiger partial charge in [-0.05, 0) is 12.8 Å². The van der Waals surface area contributed by atoms with Gasteiger partial charge in [0.1, 0.15) is 0 Å². The molecule has 1 aliphatic carbocycles. The average molecular weight is 245 g/mol. The number of carbonyl (C=O) groups excluding carboxylic acids is 1. The zero-order valence-electron chi connectivity index (χ0n) is 9.63. The lowest BCUT2D eigenvalue weighted by Crippen LogP contribution is -2.46. The Hall–Kier alpha value is -1.14. The van der Waals surface area contributed by atoms with Crippen LogP contribution in [0.3, 0.4) is 0 Å². The van der Waals surface area contributed by atoms with Gasteiger partial charge < -0.3 is 20.6 Å². The van der Waals surface area contributed by atoms with Gasteiger partial charge in [-0.25, -0.2) is 0 Å². The highest BCUT2D eigenvalue weighted by Crippen LogP contribution is 2.30. The van der Waals surface area contributed by atoms with Crippen molar-refractivity contribution in [1.29, 1.82) is 0 Å².